The molecule has 0 spiro atoms. The molecule has 12 heavy (non-hydrogen) atoms. The zero-order valence-electron chi connectivity index (χ0n) is 7.03. The minimum absolute atomic E-state index is 0.475. The van der Waals surface area contributed by atoms with E-state index in [4.69, 9.17) is 11.6 Å². The average molecular weight is 184 g/mol. The van der Waals surface area contributed by atoms with Crippen molar-refractivity contribution in [2.75, 3.05) is 14.1 Å². The fourth-order valence-corrected chi connectivity index (χ4v) is 0.841. The summed E-state index contributed by atoms with van der Waals surface area (Å²) in [6.45, 7) is 0. The molecular formula is C8H10ClN3. The molecule has 0 saturated carbocycles. The highest BCUT2D eigenvalue weighted by Crippen LogP contribution is 2.08. The van der Waals surface area contributed by atoms with Crippen molar-refractivity contribution >= 4 is 17.8 Å². The third-order valence-corrected chi connectivity index (χ3v) is 1.53. The fraction of sp³-hybridized carbons (Fsp3) is 0.250. The van der Waals surface area contributed by atoms with E-state index in [9.17, 15) is 0 Å². The van der Waals surface area contributed by atoms with Gasteiger partial charge >= 0.3 is 0 Å². The molecule has 1 rings (SSSR count). The van der Waals surface area contributed by atoms with Gasteiger partial charge in [0.25, 0.3) is 0 Å². The van der Waals surface area contributed by atoms with Crippen molar-refractivity contribution in [1.29, 1.82) is 0 Å². The van der Waals surface area contributed by atoms with Crippen molar-refractivity contribution in [2.45, 2.75) is 0 Å². The third-order valence-electron chi connectivity index (χ3n) is 1.22. The first kappa shape index (κ1) is 9.00. The quantitative estimate of drug-likeness (QED) is 0.396. The first-order valence-electron chi connectivity index (χ1n) is 3.52. The first-order valence-corrected chi connectivity index (χ1v) is 3.90. The van der Waals surface area contributed by atoms with E-state index in [1.807, 2.05) is 26.2 Å². The minimum Gasteiger partial charge on any atom is -0.303 e. The molecule has 0 amide bonds. The van der Waals surface area contributed by atoms with Crippen LogP contribution in [-0.4, -0.2) is 30.3 Å². The summed E-state index contributed by atoms with van der Waals surface area (Å²) in [5.41, 5.74) is 0.827. The Morgan fingerprint density at radius 2 is 2.33 bits per heavy atom. The van der Waals surface area contributed by atoms with Gasteiger partial charge in [0.15, 0.2) is 0 Å². The number of hydrogen-bond acceptors (Lipinski definition) is 3. The van der Waals surface area contributed by atoms with Crippen LogP contribution in [0.25, 0.3) is 0 Å². The molecule has 1 heterocycles. The Morgan fingerprint density at radius 1 is 1.58 bits per heavy atom. The third kappa shape index (κ3) is 2.51. The van der Waals surface area contributed by atoms with Gasteiger partial charge in [-0.05, 0) is 12.1 Å². The number of aromatic nitrogens is 1. The average Bonchev–Trinajstić information content (AvgIpc) is 2.03. The second kappa shape index (κ2) is 4.07. The molecule has 1 aromatic heterocycles. The van der Waals surface area contributed by atoms with Crippen molar-refractivity contribution in [3.8, 4) is 0 Å². The van der Waals surface area contributed by atoms with E-state index in [1.54, 1.807) is 17.4 Å². The summed E-state index contributed by atoms with van der Waals surface area (Å²) < 4.78 is 0. The second-order valence-electron chi connectivity index (χ2n) is 2.48. The van der Waals surface area contributed by atoms with Crippen LogP contribution in [0.15, 0.2) is 23.4 Å². The van der Waals surface area contributed by atoms with Crippen LogP contribution in [0.4, 0.5) is 0 Å². The highest BCUT2D eigenvalue weighted by atomic mass is 35.5. The standard InChI is InChI=1S/C8H10ClN3/c1-12(2)11-6-7-4-3-5-10-8(7)9/h3-6H,1-2H3. The predicted octanol–water partition coefficient (Wildman–Crippen LogP) is 1.63. The van der Waals surface area contributed by atoms with Gasteiger partial charge < -0.3 is 5.01 Å². The molecule has 4 heteroatoms. The van der Waals surface area contributed by atoms with Crippen LogP contribution in [0.1, 0.15) is 5.56 Å². The van der Waals surface area contributed by atoms with E-state index in [-0.39, 0.29) is 0 Å². The van der Waals surface area contributed by atoms with Crippen LogP contribution in [0.5, 0.6) is 0 Å². The molecule has 3 nitrogen and oxygen atoms in total. The van der Waals surface area contributed by atoms with Gasteiger partial charge in [0.05, 0.1) is 6.21 Å². The molecule has 0 bridgehead atoms. The summed E-state index contributed by atoms with van der Waals surface area (Å²) in [4.78, 5) is 3.91. The Hall–Kier alpha value is -1.09. The van der Waals surface area contributed by atoms with Gasteiger partial charge in [-0.15, -0.1) is 0 Å². The van der Waals surface area contributed by atoms with E-state index in [1.165, 1.54) is 0 Å². The Morgan fingerprint density at radius 3 is 2.92 bits per heavy atom. The smallest absolute Gasteiger partial charge is 0.137 e. The number of halogens is 1. The lowest BCUT2D eigenvalue weighted by Gasteiger charge is -2.02. The second-order valence-corrected chi connectivity index (χ2v) is 2.83. The first-order chi connectivity index (χ1) is 5.70. The number of pyridine rings is 1. The molecule has 64 valence electrons. The van der Waals surface area contributed by atoms with Crippen molar-refractivity contribution in [1.82, 2.24) is 9.99 Å². The Kier molecular flexibility index (Phi) is 3.05. The summed E-state index contributed by atoms with van der Waals surface area (Å²) in [5, 5.41) is 6.21. The van der Waals surface area contributed by atoms with Gasteiger partial charge in [-0.2, -0.15) is 5.10 Å². The molecule has 0 aliphatic carbocycles. The molecule has 0 aliphatic heterocycles. The van der Waals surface area contributed by atoms with Gasteiger partial charge in [0.1, 0.15) is 5.15 Å². The molecule has 0 saturated heterocycles. The molecule has 0 aliphatic rings. The maximum Gasteiger partial charge on any atom is 0.137 e. The summed E-state index contributed by atoms with van der Waals surface area (Å²) in [6.07, 6.45) is 3.32. The molecular weight excluding hydrogens is 174 g/mol. The van der Waals surface area contributed by atoms with Crippen molar-refractivity contribution in [3.05, 3.63) is 29.0 Å². The van der Waals surface area contributed by atoms with Crippen molar-refractivity contribution < 1.29 is 0 Å². The van der Waals surface area contributed by atoms with Gasteiger partial charge in [0, 0.05) is 25.9 Å². The molecule has 0 N–H and O–H groups in total. The molecule has 0 radical (unpaired) electrons. The van der Waals surface area contributed by atoms with E-state index in [0.717, 1.165) is 5.56 Å². The number of hydrogen-bond donors (Lipinski definition) is 0. The fourth-order valence-electron chi connectivity index (χ4n) is 0.672. The van der Waals surface area contributed by atoms with Crippen LogP contribution in [0.2, 0.25) is 5.15 Å². The zero-order valence-corrected chi connectivity index (χ0v) is 7.78. The van der Waals surface area contributed by atoms with E-state index in [0.29, 0.717) is 5.15 Å². The van der Waals surface area contributed by atoms with Gasteiger partial charge in [-0.1, -0.05) is 11.6 Å². The number of nitrogens with zero attached hydrogens (tertiary/aromatic N) is 3. The summed E-state index contributed by atoms with van der Waals surface area (Å²) in [7, 11) is 3.70. The molecule has 0 fully saturated rings. The Labute approximate surface area is 76.7 Å². The van der Waals surface area contributed by atoms with Crippen molar-refractivity contribution in [2.24, 2.45) is 5.10 Å². The normalized spacial score (nSPS) is 10.6. The number of hydrazone groups is 1. The summed E-state index contributed by atoms with van der Waals surface area (Å²) >= 11 is 5.79. The topological polar surface area (TPSA) is 28.5 Å². The largest absolute Gasteiger partial charge is 0.303 e. The van der Waals surface area contributed by atoms with E-state index < -0.39 is 0 Å². The van der Waals surface area contributed by atoms with Gasteiger partial charge in [-0.3, -0.25) is 0 Å². The predicted molar refractivity (Wildman–Crippen MR) is 50.5 cm³/mol. The van der Waals surface area contributed by atoms with Crippen LogP contribution >= 0.6 is 11.6 Å². The summed E-state index contributed by atoms with van der Waals surface area (Å²) in [6, 6.07) is 3.69. The van der Waals surface area contributed by atoms with E-state index >= 15 is 0 Å². The maximum absolute atomic E-state index is 5.79. The maximum atomic E-state index is 5.79. The molecule has 0 aromatic carbocycles. The zero-order chi connectivity index (χ0) is 8.97. The minimum atomic E-state index is 0.475. The van der Waals surface area contributed by atoms with Crippen molar-refractivity contribution in [3.63, 3.8) is 0 Å². The van der Waals surface area contributed by atoms with Gasteiger partial charge in [0.2, 0.25) is 0 Å². The lowest BCUT2D eigenvalue weighted by Crippen LogP contribution is -2.02. The van der Waals surface area contributed by atoms with E-state index in [2.05, 4.69) is 10.1 Å². The van der Waals surface area contributed by atoms with Gasteiger partial charge in [-0.25, -0.2) is 4.98 Å². The molecule has 0 atom stereocenters. The lowest BCUT2D eigenvalue weighted by atomic mass is 10.3. The van der Waals surface area contributed by atoms with Crippen LogP contribution in [0.3, 0.4) is 0 Å². The Bertz CT molecular complexity index is 283. The monoisotopic (exact) mass is 183 g/mol. The highest BCUT2D eigenvalue weighted by molar-refractivity contribution is 6.31. The highest BCUT2D eigenvalue weighted by Gasteiger charge is 1.94. The molecule has 1 aromatic rings. The molecule has 0 unspecified atom stereocenters. The Balaban J connectivity index is 2.82. The lowest BCUT2D eigenvalue weighted by molar-refractivity contribution is 0.440. The van der Waals surface area contributed by atoms with Crippen LogP contribution in [0, 0.1) is 0 Å². The van der Waals surface area contributed by atoms with Crippen LogP contribution < -0.4 is 0 Å². The SMILES string of the molecule is CN(C)N=Cc1cccnc1Cl. The number of rotatable bonds is 2. The van der Waals surface area contributed by atoms with Crippen LogP contribution in [-0.2, 0) is 0 Å². The summed E-state index contributed by atoms with van der Waals surface area (Å²) in [5.74, 6) is 0.